The van der Waals surface area contributed by atoms with Crippen LogP contribution < -0.4 is 5.32 Å². The molecule has 3 N–H and O–H groups in total. The van der Waals surface area contributed by atoms with Crippen molar-refractivity contribution in [3.8, 4) is 0 Å². The number of rotatable bonds is 5. The van der Waals surface area contributed by atoms with Gasteiger partial charge in [-0.3, -0.25) is 4.79 Å². The van der Waals surface area contributed by atoms with Crippen LogP contribution in [0.5, 0.6) is 0 Å². The molecular weight excluding hydrogens is 264 g/mol. The molecular formula is C13H24N2O5. The van der Waals surface area contributed by atoms with Gasteiger partial charge in [0.2, 0.25) is 0 Å². The number of amides is 2. The molecule has 7 nitrogen and oxygen atoms in total. The molecule has 0 aromatic carbocycles. The summed E-state index contributed by atoms with van der Waals surface area (Å²) in [5, 5.41) is 21.8. The summed E-state index contributed by atoms with van der Waals surface area (Å²) in [5.74, 6) is -0.971. The fraction of sp³-hybridized carbons (Fsp3) is 0.846. The lowest BCUT2D eigenvalue weighted by Crippen LogP contribution is -2.54. The molecule has 1 heterocycles. The molecule has 0 unspecified atom stereocenters. The monoisotopic (exact) mass is 288 g/mol. The molecule has 0 atom stereocenters. The van der Waals surface area contributed by atoms with Gasteiger partial charge in [0.15, 0.2) is 0 Å². The van der Waals surface area contributed by atoms with Gasteiger partial charge < -0.3 is 25.2 Å². The number of aliphatic carboxylic acids is 1. The van der Waals surface area contributed by atoms with Crippen molar-refractivity contribution in [3.05, 3.63) is 0 Å². The van der Waals surface area contributed by atoms with E-state index in [0.717, 1.165) is 0 Å². The number of urea groups is 1. The Labute approximate surface area is 118 Å². The van der Waals surface area contributed by atoms with E-state index >= 15 is 0 Å². The summed E-state index contributed by atoms with van der Waals surface area (Å²) in [6, 6.07) is -0.392. The Hall–Kier alpha value is -1.34. The van der Waals surface area contributed by atoms with Crippen molar-refractivity contribution >= 4 is 12.0 Å². The third kappa shape index (κ3) is 5.34. The summed E-state index contributed by atoms with van der Waals surface area (Å²) < 4.78 is 5.19. The zero-order chi connectivity index (χ0) is 15.4. The highest BCUT2D eigenvalue weighted by Gasteiger charge is 2.33. The Morgan fingerprint density at radius 1 is 1.35 bits per heavy atom. The smallest absolute Gasteiger partial charge is 0.317 e. The van der Waals surface area contributed by atoms with Gasteiger partial charge in [-0.05, 0) is 13.8 Å². The molecule has 0 aromatic heterocycles. The maximum absolute atomic E-state index is 12.0. The van der Waals surface area contributed by atoms with E-state index in [4.69, 9.17) is 9.84 Å². The van der Waals surface area contributed by atoms with Crippen molar-refractivity contribution in [2.24, 2.45) is 0 Å². The third-order valence-corrected chi connectivity index (χ3v) is 3.34. The highest BCUT2D eigenvalue weighted by atomic mass is 16.5. The number of aliphatic hydroxyl groups is 1. The van der Waals surface area contributed by atoms with Gasteiger partial charge in [-0.2, -0.15) is 0 Å². The van der Waals surface area contributed by atoms with Gasteiger partial charge in [-0.15, -0.1) is 0 Å². The molecule has 0 aromatic rings. The Balaban J connectivity index is 2.52. The fourth-order valence-corrected chi connectivity index (χ4v) is 2.23. The van der Waals surface area contributed by atoms with Gasteiger partial charge in [0, 0.05) is 38.6 Å². The van der Waals surface area contributed by atoms with Gasteiger partial charge in [0.25, 0.3) is 0 Å². The van der Waals surface area contributed by atoms with Crippen LogP contribution in [0, 0.1) is 0 Å². The number of hydrogen-bond donors (Lipinski definition) is 3. The number of nitrogens with one attached hydrogen (secondary N) is 1. The molecule has 116 valence electrons. The fourth-order valence-electron chi connectivity index (χ4n) is 2.23. The highest BCUT2D eigenvalue weighted by molar-refractivity contribution is 5.76. The highest BCUT2D eigenvalue weighted by Crippen LogP contribution is 2.21. The number of hydrogen-bond acceptors (Lipinski definition) is 4. The number of carboxylic acids is 1. The first-order valence-corrected chi connectivity index (χ1v) is 6.69. The largest absolute Gasteiger partial charge is 0.481 e. The minimum Gasteiger partial charge on any atom is -0.481 e. The number of likely N-dealkylation sites (N-methyl/N-ethyl adjacent to an activating group) is 1. The second-order valence-corrected chi connectivity index (χ2v) is 6.08. The second-order valence-electron chi connectivity index (χ2n) is 6.08. The molecule has 7 heteroatoms. The van der Waals surface area contributed by atoms with E-state index in [1.807, 2.05) is 0 Å². The Bertz CT molecular complexity index is 364. The van der Waals surface area contributed by atoms with Crippen molar-refractivity contribution in [3.63, 3.8) is 0 Å². The lowest BCUT2D eigenvalue weighted by molar-refractivity contribution is -0.138. The molecule has 0 spiro atoms. The van der Waals surface area contributed by atoms with Crippen molar-refractivity contribution < 1.29 is 24.5 Å². The number of carbonyl (C=O) groups is 2. The minimum atomic E-state index is -0.971. The summed E-state index contributed by atoms with van der Waals surface area (Å²) in [7, 11) is 1.58. The predicted molar refractivity (Wildman–Crippen MR) is 72.5 cm³/mol. The van der Waals surface area contributed by atoms with Crippen LogP contribution in [0.3, 0.4) is 0 Å². The van der Waals surface area contributed by atoms with Crippen LogP contribution in [0.2, 0.25) is 0 Å². The van der Waals surface area contributed by atoms with E-state index in [-0.39, 0.29) is 13.0 Å². The van der Waals surface area contributed by atoms with E-state index in [1.54, 1.807) is 20.9 Å². The lowest BCUT2D eigenvalue weighted by Gasteiger charge is -2.36. The standard InChI is InChI=1S/C13H24N2O5/c1-12(2,8-10(16)17)14-11(18)15(3)9-13(19)4-6-20-7-5-13/h19H,4-9H2,1-3H3,(H,14,18)(H,16,17). The summed E-state index contributed by atoms with van der Waals surface area (Å²) in [6.45, 7) is 4.46. The summed E-state index contributed by atoms with van der Waals surface area (Å²) in [4.78, 5) is 24.1. The number of carboxylic acid groups (broad SMARTS) is 1. The number of ether oxygens (including phenoxy) is 1. The molecule has 1 fully saturated rings. The molecule has 1 aliphatic heterocycles. The number of nitrogens with zero attached hydrogens (tertiary/aromatic N) is 1. The average Bonchev–Trinajstić information content (AvgIpc) is 2.26. The zero-order valence-electron chi connectivity index (χ0n) is 12.3. The normalized spacial score (nSPS) is 18.4. The first-order chi connectivity index (χ1) is 9.14. The lowest BCUT2D eigenvalue weighted by atomic mass is 9.94. The minimum absolute atomic E-state index is 0.162. The quantitative estimate of drug-likeness (QED) is 0.681. The summed E-state index contributed by atoms with van der Waals surface area (Å²) in [5.41, 5.74) is -1.77. The molecule has 1 saturated heterocycles. The van der Waals surface area contributed by atoms with Crippen LogP contribution in [-0.4, -0.2) is 65.1 Å². The molecule has 1 aliphatic rings. The topological polar surface area (TPSA) is 99.1 Å². The van der Waals surface area contributed by atoms with Crippen LogP contribution in [0.1, 0.15) is 33.1 Å². The van der Waals surface area contributed by atoms with Gasteiger partial charge in [-0.1, -0.05) is 0 Å². The van der Waals surface area contributed by atoms with Crippen LogP contribution in [-0.2, 0) is 9.53 Å². The van der Waals surface area contributed by atoms with E-state index < -0.39 is 23.1 Å². The molecule has 1 rings (SSSR count). The maximum atomic E-state index is 12.0. The van der Waals surface area contributed by atoms with Crippen molar-refractivity contribution in [2.75, 3.05) is 26.8 Å². The number of carbonyl (C=O) groups excluding carboxylic acids is 1. The van der Waals surface area contributed by atoms with Gasteiger partial charge in [0.05, 0.1) is 18.6 Å². The van der Waals surface area contributed by atoms with Gasteiger partial charge >= 0.3 is 12.0 Å². The molecule has 0 bridgehead atoms. The first-order valence-electron chi connectivity index (χ1n) is 6.69. The van der Waals surface area contributed by atoms with Crippen LogP contribution >= 0.6 is 0 Å². The SMILES string of the molecule is CN(CC1(O)CCOCC1)C(=O)NC(C)(C)CC(=O)O. The van der Waals surface area contributed by atoms with Crippen LogP contribution in [0.15, 0.2) is 0 Å². The maximum Gasteiger partial charge on any atom is 0.317 e. The van der Waals surface area contributed by atoms with Crippen LogP contribution in [0.4, 0.5) is 4.79 Å². The average molecular weight is 288 g/mol. The van der Waals surface area contributed by atoms with E-state index in [1.165, 1.54) is 4.90 Å². The van der Waals surface area contributed by atoms with Crippen molar-refractivity contribution in [1.82, 2.24) is 10.2 Å². The molecule has 0 saturated carbocycles. The van der Waals surface area contributed by atoms with Crippen molar-refractivity contribution in [1.29, 1.82) is 0 Å². The first kappa shape index (κ1) is 16.7. The van der Waals surface area contributed by atoms with E-state index in [0.29, 0.717) is 26.1 Å². The third-order valence-electron chi connectivity index (χ3n) is 3.34. The van der Waals surface area contributed by atoms with E-state index in [9.17, 15) is 14.7 Å². The Morgan fingerprint density at radius 3 is 2.40 bits per heavy atom. The van der Waals surface area contributed by atoms with Crippen LogP contribution in [0.25, 0.3) is 0 Å². The zero-order valence-corrected chi connectivity index (χ0v) is 12.3. The van der Waals surface area contributed by atoms with Crippen molar-refractivity contribution in [2.45, 2.75) is 44.2 Å². The molecule has 20 heavy (non-hydrogen) atoms. The Kier molecular flexibility index (Phi) is 5.35. The Morgan fingerprint density at radius 2 is 1.90 bits per heavy atom. The summed E-state index contributed by atoms with van der Waals surface area (Å²) >= 11 is 0. The van der Waals surface area contributed by atoms with Gasteiger partial charge in [-0.25, -0.2) is 4.79 Å². The van der Waals surface area contributed by atoms with Gasteiger partial charge in [0.1, 0.15) is 0 Å². The molecule has 0 aliphatic carbocycles. The van der Waals surface area contributed by atoms with E-state index in [2.05, 4.69) is 5.32 Å². The molecule has 2 amide bonds. The second kappa shape index (κ2) is 6.41. The predicted octanol–water partition coefficient (Wildman–Crippen LogP) is 0.423. The molecule has 0 radical (unpaired) electrons. The summed E-state index contributed by atoms with van der Waals surface area (Å²) in [6.07, 6.45) is 0.816.